The molecule has 5 heteroatoms. The fourth-order valence-electron chi connectivity index (χ4n) is 3.53. The van der Waals surface area contributed by atoms with Crippen LogP contribution in [0.3, 0.4) is 0 Å². The van der Waals surface area contributed by atoms with E-state index in [4.69, 9.17) is 9.72 Å². The Balaban J connectivity index is 1.59. The Labute approximate surface area is 189 Å². The molecule has 0 atom stereocenters. The van der Waals surface area contributed by atoms with Crippen molar-refractivity contribution >= 4 is 45.3 Å². The van der Waals surface area contributed by atoms with E-state index in [0.717, 1.165) is 43.1 Å². The number of thioether (sulfide) groups is 1. The van der Waals surface area contributed by atoms with E-state index in [2.05, 4.69) is 53.5 Å². The highest BCUT2D eigenvalue weighted by Gasteiger charge is 2.16. The predicted molar refractivity (Wildman–Crippen MR) is 130 cm³/mol. The van der Waals surface area contributed by atoms with Gasteiger partial charge in [-0.3, -0.25) is 9.97 Å². The largest absolute Gasteiger partial charge is 0.495 e. The lowest BCUT2D eigenvalue weighted by atomic mass is 10.2. The number of hydrogen-bond acceptors (Lipinski definition) is 5. The summed E-state index contributed by atoms with van der Waals surface area (Å²) in [6.07, 6.45) is 3.89. The van der Waals surface area contributed by atoms with Gasteiger partial charge < -0.3 is 4.74 Å². The summed E-state index contributed by atoms with van der Waals surface area (Å²) in [5.41, 5.74) is 3.21. The third-order valence-corrected chi connectivity index (χ3v) is 7.42. The minimum atomic E-state index is 0.857. The number of rotatable bonds is 6. The van der Waals surface area contributed by atoms with Gasteiger partial charge in [0.05, 0.1) is 23.0 Å². The van der Waals surface area contributed by atoms with Gasteiger partial charge in [0, 0.05) is 38.7 Å². The third kappa shape index (κ3) is 4.11. The summed E-state index contributed by atoms with van der Waals surface area (Å²) in [5.74, 6) is 1.75. The summed E-state index contributed by atoms with van der Waals surface area (Å²) in [4.78, 5) is 12.7. The van der Waals surface area contributed by atoms with Crippen LogP contribution >= 0.6 is 23.5 Å². The van der Waals surface area contributed by atoms with Crippen molar-refractivity contribution in [1.82, 2.24) is 9.97 Å². The summed E-state index contributed by atoms with van der Waals surface area (Å²) in [5, 5.41) is 2.16. The summed E-state index contributed by atoms with van der Waals surface area (Å²) in [6.45, 7) is 0. The first-order chi connectivity index (χ1) is 15.3. The predicted octanol–water partition coefficient (Wildman–Crippen LogP) is 7.24. The Kier molecular flexibility index (Phi) is 5.78. The van der Waals surface area contributed by atoms with Crippen LogP contribution < -0.4 is 4.74 Å². The highest BCUT2D eigenvalue weighted by Crippen LogP contribution is 2.45. The van der Waals surface area contributed by atoms with Crippen LogP contribution in [0.4, 0.5) is 0 Å². The second-order valence-electron chi connectivity index (χ2n) is 7.02. The molecule has 31 heavy (non-hydrogen) atoms. The molecule has 0 bridgehead atoms. The van der Waals surface area contributed by atoms with E-state index in [1.54, 1.807) is 30.6 Å². The number of ether oxygens (including phenoxy) is 1. The lowest BCUT2D eigenvalue weighted by Gasteiger charge is -2.15. The number of fused-ring (bicyclic) bond motifs is 2. The van der Waals surface area contributed by atoms with Crippen LogP contribution in [-0.2, 0) is 5.75 Å². The number of benzene rings is 3. The van der Waals surface area contributed by atoms with Gasteiger partial charge in [0.2, 0.25) is 0 Å². The minimum absolute atomic E-state index is 0.857. The smallest absolute Gasteiger partial charge is 0.143 e. The monoisotopic (exact) mass is 440 g/mol. The van der Waals surface area contributed by atoms with E-state index in [1.807, 2.05) is 42.7 Å². The molecule has 5 aromatic rings. The van der Waals surface area contributed by atoms with Gasteiger partial charge in [0.25, 0.3) is 0 Å². The van der Waals surface area contributed by atoms with Crippen molar-refractivity contribution in [3.8, 4) is 5.75 Å². The molecule has 0 N–H and O–H groups in total. The van der Waals surface area contributed by atoms with Gasteiger partial charge in [-0.2, -0.15) is 0 Å². The van der Waals surface area contributed by atoms with Crippen LogP contribution in [0, 0.1) is 0 Å². The average molecular weight is 441 g/mol. The third-order valence-electron chi connectivity index (χ3n) is 5.04. The van der Waals surface area contributed by atoms with Crippen molar-refractivity contribution in [2.75, 3.05) is 7.11 Å². The molecule has 0 saturated carbocycles. The van der Waals surface area contributed by atoms with E-state index in [-0.39, 0.29) is 0 Å². The van der Waals surface area contributed by atoms with Gasteiger partial charge in [0.15, 0.2) is 0 Å². The molecule has 152 valence electrons. The van der Waals surface area contributed by atoms with Gasteiger partial charge in [-0.1, -0.05) is 72.4 Å². The molecular formula is C26H20N2OS2. The molecule has 0 fully saturated rings. The first-order valence-electron chi connectivity index (χ1n) is 9.97. The molecule has 0 unspecified atom stereocenters. The molecule has 0 saturated heterocycles. The molecule has 5 rings (SSSR count). The van der Waals surface area contributed by atoms with Crippen molar-refractivity contribution in [3.63, 3.8) is 0 Å². The van der Waals surface area contributed by atoms with E-state index in [0.29, 0.717) is 0 Å². The molecule has 0 spiro atoms. The second kappa shape index (κ2) is 9.00. The Morgan fingerprint density at radius 2 is 1.32 bits per heavy atom. The number of nitrogens with zero attached hydrogens (tertiary/aromatic N) is 2. The standard InChI is InChI=1S/C26H20N2OS2/c1-29-25-19-11-5-7-13-21(19)27-15-23(25)31-26-20-12-6-8-14-22(20)28-16-24(26)30-17-18-9-3-2-4-10-18/h2-16H,17H2,1H3. The number of methoxy groups -OCH3 is 1. The minimum Gasteiger partial charge on any atom is -0.495 e. The number of hydrogen-bond donors (Lipinski definition) is 0. The quantitative estimate of drug-likeness (QED) is 0.260. The summed E-state index contributed by atoms with van der Waals surface area (Å²) >= 11 is 3.50. The van der Waals surface area contributed by atoms with Crippen molar-refractivity contribution in [1.29, 1.82) is 0 Å². The molecule has 3 aromatic carbocycles. The molecule has 0 aliphatic carbocycles. The molecule has 0 radical (unpaired) electrons. The fourth-order valence-corrected chi connectivity index (χ4v) is 5.76. The Morgan fingerprint density at radius 1 is 0.710 bits per heavy atom. The first kappa shape index (κ1) is 19.9. The maximum atomic E-state index is 5.83. The Hall–Kier alpha value is -3.02. The normalized spacial score (nSPS) is 11.1. The van der Waals surface area contributed by atoms with Crippen LogP contribution in [0.2, 0.25) is 0 Å². The Bertz CT molecular complexity index is 1360. The summed E-state index contributed by atoms with van der Waals surface area (Å²) in [7, 11) is 1.72. The van der Waals surface area contributed by atoms with Crippen LogP contribution in [-0.4, -0.2) is 17.1 Å². The van der Waals surface area contributed by atoms with Crippen molar-refractivity contribution in [3.05, 3.63) is 96.8 Å². The van der Waals surface area contributed by atoms with Crippen molar-refractivity contribution in [2.24, 2.45) is 0 Å². The van der Waals surface area contributed by atoms with Gasteiger partial charge in [-0.15, -0.1) is 11.8 Å². The molecular weight excluding hydrogens is 420 g/mol. The van der Waals surface area contributed by atoms with Gasteiger partial charge in [0.1, 0.15) is 5.75 Å². The Morgan fingerprint density at radius 3 is 2.06 bits per heavy atom. The summed E-state index contributed by atoms with van der Waals surface area (Å²) in [6, 6.07) is 26.9. The second-order valence-corrected chi connectivity index (χ2v) is 9.09. The maximum Gasteiger partial charge on any atom is 0.143 e. The lowest BCUT2D eigenvalue weighted by Crippen LogP contribution is -1.92. The van der Waals surface area contributed by atoms with Gasteiger partial charge >= 0.3 is 0 Å². The molecule has 0 aliphatic heterocycles. The number of pyridine rings is 2. The molecule has 0 aliphatic rings. The first-order valence-corrected chi connectivity index (χ1v) is 11.8. The van der Waals surface area contributed by atoms with E-state index >= 15 is 0 Å². The van der Waals surface area contributed by atoms with Crippen LogP contribution in [0.1, 0.15) is 5.56 Å². The zero-order valence-corrected chi connectivity index (χ0v) is 18.6. The van der Waals surface area contributed by atoms with E-state index in [1.165, 1.54) is 10.5 Å². The number of para-hydroxylation sites is 2. The van der Waals surface area contributed by atoms with Crippen molar-refractivity contribution in [2.45, 2.75) is 20.4 Å². The van der Waals surface area contributed by atoms with Gasteiger partial charge in [-0.25, -0.2) is 0 Å². The van der Waals surface area contributed by atoms with Crippen LogP contribution in [0.25, 0.3) is 21.8 Å². The fraction of sp³-hybridized carbons (Fsp3) is 0.0769. The zero-order valence-electron chi connectivity index (χ0n) is 17.0. The summed E-state index contributed by atoms with van der Waals surface area (Å²) < 4.78 is 5.83. The molecule has 3 nitrogen and oxygen atoms in total. The number of aromatic nitrogens is 2. The zero-order chi connectivity index (χ0) is 21.0. The van der Waals surface area contributed by atoms with Crippen LogP contribution in [0.5, 0.6) is 5.75 Å². The van der Waals surface area contributed by atoms with E-state index < -0.39 is 0 Å². The van der Waals surface area contributed by atoms with E-state index in [9.17, 15) is 0 Å². The topological polar surface area (TPSA) is 35.0 Å². The SMILES string of the molecule is COc1c(Sc2c(SCc3ccccc3)cnc3ccccc23)cnc2ccccc12. The average Bonchev–Trinajstić information content (AvgIpc) is 2.84. The highest BCUT2D eigenvalue weighted by atomic mass is 32.2. The van der Waals surface area contributed by atoms with Crippen molar-refractivity contribution < 1.29 is 4.74 Å². The maximum absolute atomic E-state index is 5.83. The lowest BCUT2D eigenvalue weighted by molar-refractivity contribution is 0.409. The van der Waals surface area contributed by atoms with Crippen LogP contribution in [0.15, 0.2) is 106 Å². The highest BCUT2D eigenvalue weighted by molar-refractivity contribution is 8.02. The molecule has 0 amide bonds. The molecule has 2 aromatic heterocycles. The molecule has 2 heterocycles. The van der Waals surface area contributed by atoms with Gasteiger partial charge in [-0.05, 0) is 23.8 Å².